The first-order valence-electron chi connectivity index (χ1n) is 14.2. The lowest BCUT2D eigenvalue weighted by atomic mass is 10.0. The van der Waals surface area contributed by atoms with Crippen LogP contribution < -0.4 is 20.1 Å². The summed E-state index contributed by atoms with van der Waals surface area (Å²) in [7, 11) is 0. The molecule has 3 aromatic rings. The zero-order chi connectivity index (χ0) is 32.9. The van der Waals surface area contributed by atoms with Crippen LogP contribution in [0.1, 0.15) is 49.2 Å². The molecule has 12 heteroatoms. The zero-order valence-electron chi connectivity index (χ0n) is 25.4. The molecule has 0 aliphatic rings. The van der Waals surface area contributed by atoms with Crippen molar-refractivity contribution in [1.29, 1.82) is 0 Å². The van der Waals surface area contributed by atoms with Crippen LogP contribution in [0.4, 0.5) is 9.59 Å². The number of rotatable bonds is 13. The second-order valence-electron chi connectivity index (χ2n) is 10.6. The van der Waals surface area contributed by atoms with Gasteiger partial charge in [0.25, 0.3) is 0 Å². The molecule has 3 aromatic carbocycles. The molecule has 3 rings (SSSR count). The first-order valence-corrected chi connectivity index (χ1v) is 14.2. The van der Waals surface area contributed by atoms with Crippen LogP contribution in [0.15, 0.2) is 78.9 Å². The van der Waals surface area contributed by atoms with E-state index in [1.165, 1.54) is 12.1 Å². The summed E-state index contributed by atoms with van der Waals surface area (Å²) in [6.45, 7) is 6.53. The van der Waals surface area contributed by atoms with Crippen LogP contribution in [-0.4, -0.2) is 47.3 Å². The van der Waals surface area contributed by atoms with Gasteiger partial charge in [0.1, 0.15) is 30.9 Å². The Morgan fingerprint density at radius 3 is 1.49 bits per heavy atom. The number of amides is 2. The van der Waals surface area contributed by atoms with Crippen LogP contribution in [-0.2, 0) is 32.3 Å². The van der Waals surface area contributed by atoms with Crippen molar-refractivity contribution in [2.45, 2.75) is 53.0 Å². The van der Waals surface area contributed by atoms with Crippen molar-refractivity contribution >= 4 is 30.1 Å². The van der Waals surface area contributed by atoms with Gasteiger partial charge in [-0.15, -0.1) is 0 Å². The molecule has 0 saturated heterocycles. The highest BCUT2D eigenvalue weighted by molar-refractivity contribution is 5.95. The summed E-state index contributed by atoms with van der Waals surface area (Å²) in [6.07, 6.45) is -1.76. The van der Waals surface area contributed by atoms with Gasteiger partial charge in [-0.05, 0) is 35.1 Å². The van der Waals surface area contributed by atoms with Crippen molar-refractivity contribution in [3.8, 4) is 11.5 Å². The maximum absolute atomic E-state index is 13.3. The summed E-state index contributed by atoms with van der Waals surface area (Å²) in [6, 6.07) is 19.1. The van der Waals surface area contributed by atoms with E-state index in [1.54, 1.807) is 76.2 Å². The van der Waals surface area contributed by atoms with E-state index < -0.39 is 65.3 Å². The number of hydrogen-bond donors (Lipinski definition) is 3. The average Bonchev–Trinajstić information content (AvgIpc) is 3.01. The quantitative estimate of drug-likeness (QED) is 0.173. The van der Waals surface area contributed by atoms with Gasteiger partial charge in [-0.3, -0.25) is 0 Å². The minimum Gasteiger partial charge on any atom is -0.478 e. The van der Waals surface area contributed by atoms with Gasteiger partial charge in [0.05, 0.1) is 0 Å². The lowest BCUT2D eigenvalue weighted by molar-refractivity contribution is -0.140. The van der Waals surface area contributed by atoms with Gasteiger partial charge in [-0.25, -0.2) is 24.0 Å². The molecular weight excluding hydrogens is 584 g/mol. The Hall–Kier alpha value is -5.39. The van der Waals surface area contributed by atoms with E-state index in [0.717, 1.165) is 17.2 Å². The summed E-state index contributed by atoms with van der Waals surface area (Å²) in [5, 5.41) is 14.7. The molecule has 2 atom stereocenters. The summed E-state index contributed by atoms with van der Waals surface area (Å²) in [4.78, 5) is 63.4. The van der Waals surface area contributed by atoms with Crippen molar-refractivity contribution < 1.29 is 48.0 Å². The van der Waals surface area contributed by atoms with E-state index in [-0.39, 0.29) is 19.0 Å². The summed E-state index contributed by atoms with van der Waals surface area (Å²) >= 11 is 0. The lowest BCUT2D eigenvalue weighted by Gasteiger charge is -2.23. The van der Waals surface area contributed by atoms with Gasteiger partial charge in [0.2, 0.25) is 0 Å². The Bertz CT molecular complexity index is 1480. The second-order valence-corrected chi connectivity index (χ2v) is 10.6. The second kappa shape index (κ2) is 16.5. The van der Waals surface area contributed by atoms with E-state index >= 15 is 0 Å². The van der Waals surface area contributed by atoms with Crippen molar-refractivity contribution in [3.63, 3.8) is 0 Å². The van der Waals surface area contributed by atoms with Crippen molar-refractivity contribution in [2.75, 3.05) is 0 Å². The number of carboxylic acids is 1. The fourth-order valence-electron chi connectivity index (χ4n) is 3.98. The number of benzene rings is 3. The Labute approximate surface area is 260 Å². The average molecular weight is 621 g/mol. The molecule has 12 nitrogen and oxygen atoms in total. The number of esters is 2. The SMILES string of the molecule is CC(C)[C@H](NC(=O)OCc1ccccc1)C(=O)Oc1cccc(C(=O)O)c1OC(=O)[C@@H](NC(=O)OCc1ccccc1)C(C)C. The van der Waals surface area contributed by atoms with Crippen LogP contribution in [0.25, 0.3) is 0 Å². The summed E-state index contributed by atoms with van der Waals surface area (Å²) in [5.74, 6) is -5.33. The van der Waals surface area contributed by atoms with E-state index in [9.17, 15) is 29.1 Å². The number of alkyl carbamates (subject to hydrolysis) is 2. The number of aromatic carboxylic acids is 1. The van der Waals surface area contributed by atoms with Gasteiger partial charge in [-0.1, -0.05) is 94.4 Å². The minimum absolute atomic E-state index is 0.0296. The fourth-order valence-corrected chi connectivity index (χ4v) is 3.98. The lowest BCUT2D eigenvalue weighted by Crippen LogP contribution is -2.47. The molecule has 0 unspecified atom stereocenters. The predicted octanol–water partition coefficient (Wildman–Crippen LogP) is 5.10. The van der Waals surface area contributed by atoms with E-state index in [1.807, 2.05) is 12.1 Å². The predicted molar refractivity (Wildman–Crippen MR) is 161 cm³/mol. The van der Waals surface area contributed by atoms with Crippen molar-refractivity contribution in [3.05, 3.63) is 95.6 Å². The Morgan fingerprint density at radius 1 is 0.622 bits per heavy atom. The topological polar surface area (TPSA) is 167 Å². The molecule has 3 N–H and O–H groups in total. The fraction of sp³-hybridized carbons (Fsp3) is 0.303. The molecular formula is C33H36N2O10. The molecule has 0 spiro atoms. The number of nitrogens with one attached hydrogen (secondary N) is 2. The van der Waals surface area contributed by atoms with Gasteiger partial charge < -0.3 is 34.7 Å². The Kier molecular flexibility index (Phi) is 12.5. The van der Waals surface area contributed by atoms with Gasteiger partial charge in [-0.2, -0.15) is 0 Å². The molecule has 0 aromatic heterocycles. The molecule has 0 heterocycles. The number of hydrogen-bond acceptors (Lipinski definition) is 9. The highest BCUT2D eigenvalue weighted by Crippen LogP contribution is 2.33. The Balaban J connectivity index is 1.74. The molecule has 238 valence electrons. The van der Waals surface area contributed by atoms with Crippen LogP contribution >= 0.6 is 0 Å². The molecule has 0 aliphatic carbocycles. The van der Waals surface area contributed by atoms with Crippen LogP contribution in [0.3, 0.4) is 0 Å². The zero-order valence-corrected chi connectivity index (χ0v) is 25.4. The van der Waals surface area contributed by atoms with E-state index in [2.05, 4.69) is 10.6 Å². The normalized spacial score (nSPS) is 12.0. The number of ether oxygens (including phenoxy) is 4. The highest BCUT2D eigenvalue weighted by atomic mass is 16.6. The largest absolute Gasteiger partial charge is 0.478 e. The van der Waals surface area contributed by atoms with Gasteiger partial charge in [0.15, 0.2) is 11.5 Å². The van der Waals surface area contributed by atoms with Crippen LogP contribution in [0, 0.1) is 11.8 Å². The molecule has 0 bridgehead atoms. The highest BCUT2D eigenvalue weighted by Gasteiger charge is 2.32. The number of carbonyl (C=O) groups excluding carboxylic acids is 4. The molecule has 2 amide bonds. The Morgan fingerprint density at radius 2 is 1.07 bits per heavy atom. The van der Waals surface area contributed by atoms with Crippen molar-refractivity contribution in [2.24, 2.45) is 11.8 Å². The minimum atomic E-state index is -1.46. The number of carbonyl (C=O) groups is 5. The third-order valence-electron chi connectivity index (χ3n) is 6.44. The third kappa shape index (κ3) is 10.4. The summed E-state index contributed by atoms with van der Waals surface area (Å²) < 4.78 is 21.3. The maximum atomic E-state index is 13.3. The first-order chi connectivity index (χ1) is 21.5. The smallest absolute Gasteiger partial charge is 0.408 e. The molecule has 0 saturated carbocycles. The van der Waals surface area contributed by atoms with Crippen LogP contribution in [0.5, 0.6) is 11.5 Å². The van der Waals surface area contributed by atoms with Gasteiger partial charge >= 0.3 is 30.1 Å². The van der Waals surface area contributed by atoms with Gasteiger partial charge in [0, 0.05) is 0 Å². The van der Waals surface area contributed by atoms with E-state index in [4.69, 9.17) is 18.9 Å². The number of para-hydroxylation sites is 1. The molecule has 45 heavy (non-hydrogen) atoms. The molecule has 0 radical (unpaired) electrons. The third-order valence-corrected chi connectivity index (χ3v) is 6.44. The standard InChI is InChI=1S/C33H36N2O10/c1-20(2)26(34-32(40)42-18-22-12-7-5-8-13-22)30(38)44-25-17-11-16-24(29(36)37)28(25)45-31(39)27(21(3)4)35-33(41)43-19-23-14-9-6-10-15-23/h5-17,20-21,26-27H,18-19H2,1-4H3,(H,34,40)(H,35,41)(H,36,37)/t26-,27-/m0/s1. The monoisotopic (exact) mass is 620 g/mol. The van der Waals surface area contributed by atoms with E-state index in [0.29, 0.717) is 0 Å². The number of carboxylic acid groups (broad SMARTS) is 1. The first kappa shape index (κ1) is 34.1. The van der Waals surface area contributed by atoms with Crippen LogP contribution in [0.2, 0.25) is 0 Å². The molecule has 0 aliphatic heterocycles. The maximum Gasteiger partial charge on any atom is 0.408 e. The molecule has 0 fully saturated rings. The summed E-state index contributed by atoms with van der Waals surface area (Å²) in [5.41, 5.74) is 1.00. The van der Waals surface area contributed by atoms with Crippen molar-refractivity contribution in [1.82, 2.24) is 10.6 Å².